The normalized spacial score (nSPS) is 12.7. The van der Waals surface area contributed by atoms with Crippen molar-refractivity contribution in [2.45, 2.75) is 26.3 Å². The second kappa shape index (κ2) is 5.16. The lowest BCUT2D eigenvalue weighted by Gasteiger charge is -2.10. The van der Waals surface area contributed by atoms with E-state index in [2.05, 4.69) is 0 Å². The Morgan fingerprint density at radius 2 is 1.94 bits per heavy atom. The number of aryl methyl sites for hydroxylation is 2. The minimum atomic E-state index is -0.433. The Morgan fingerprint density at radius 1 is 1.22 bits per heavy atom. The first-order valence-electron chi connectivity index (χ1n) is 5.74. The molecular weight excluding hydrogens is 252 g/mol. The van der Waals surface area contributed by atoms with Gasteiger partial charge in [0.1, 0.15) is 11.6 Å². The quantitative estimate of drug-likeness (QED) is 0.897. The molecule has 0 bridgehead atoms. The molecule has 18 heavy (non-hydrogen) atoms. The van der Waals surface area contributed by atoms with Crippen LogP contribution in [0.25, 0.3) is 0 Å². The maximum atomic E-state index is 13.5. The number of nitrogens with two attached hydrogens (primary N) is 1. The maximum absolute atomic E-state index is 13.5. The van der Waals surface area contributed by atoms with Crippen LogP contribution in [-0.4, -0.2) is 0 Å². The third kappa shape index (κ3) is 2.76. The molecule has 96 valence electrons. The van der Waals surface area contributed by atoms with Crippen LogP contribution >= 0.6 is 11.3 Å². The second-order valence-electron chi connectivity index (χ2n) is 4.43. The maximum Gasteiger partial charge on any atom is 0.126 e. The van der Waals surface area contributed by atoms with Crippen molar-refractivity contribution in [2.24, 2.45) is 5.73 Å². The van der Waals surface area contributed by atoms with Crippen LogP contribution < -0.4 is 5.73 Å². The molecule has 0 radical (unpaired) electrons. The molecule has 0 saturated carbocycles. The molecule has 1 aromatic heterocycles. The number of thiophene rings is 1. The van der Waals surface area contributed by atoms with Crippen LogP contribution in [0.4, 0.5) is 8.78 Å². The Hall–Kier alpha value is -1.26. The largest absolute Gasteiger partial charge is 0.323 e. The van der Waals surface area contributed by atoms with Crippen LogP contribution in [0.3, 0.4) is 0 Å². The molecule has 2 aromatic rings. The summed E-state index contributed by atoms with van der Waals surface area (Å²) in [5, 5.41) is 0. The third-order valence-corrected chi connectivity index (χ3v) is 4.28. The lowest BCUT2D eigenvalue weighted by atomic mass is 10.0. The van der Waals surface area contributed by atoms with E-state index < -0.39 is 11.6 Å². The minimum Gasteiger partial charge on any atom is -0.323 e. The third-order valence-electron chi connectivity index (χ3n) is 3.00. The molecule has 0 aliphatic heterocycles. The van der Waals surface area contributed by atoms with Gasteiger partial charge in [0.15, 0.2) is 0 Å². The summed E-state index contributed by atoms with van der Waals surface area (Å²) >= 11 is 1.61. The molecule has 0 amide bonds. The van der Waals surface area contributed by atoms with Gasteiger partial charge in [0.05, 0.1) is 0 Å². The first-order valence-corrected chi connectivity index (χ1v) is 6.55. The molecule has 2 rings (SSSR count). The van der Waals surface area contributed by atoms with E-state index in [1.165, 1.54) is 16.5 Å². The molecule has 1 atom stereocenters. The van der Waals surface area contributed by atoms with E-state index in [1.807, 2.05) is 19.9 Å². The van der Waals surface area contributed by atoms with E-state index in [-0.39, 0.29) is 6.04 Å². The second-order valence-corrected chi connectivity index (χ2v) is 5.72. The monoisotopic (exact) mass is 267 g/mol. The molecule has 0 fully saturated rings. The SMILES string of the molecule is Cc1cc(C(N)Cc2cc(F)ccc2F)sc1C. The van der Waals surface area contributed by atoms with E-state index in [4.69, 9.17) is 5.73 Å². The van der Waals surface area contributed by atoms with Crippen LogP contribution in [-0.2, 0) is 6.42 Å². The summed E-state index contributed by atoms with van der Waals surface area (Å²) in [6.07, 6.45) is 0.309. The Labute approximate surface area is 109 Å². The molecule has 4 heteroatoms. The van der Waals surface area contributed by atoms with Gasteiger partial charge in [0.25, 0.3) is 0 Å². The number of benzene rings is 1. The van der Waals surface area contributed by atoms with Gasteiger partial charge < -0.3 is 5.73 Å². The van der Waals surface area contributed by atoms with Gasteiger partial charge in [-0.25, -0.2) is 8.78 Å². The molecule has 1 heterocycles. The standard InChI is InChI=1S/C14H15F2NS/c1-8-5-14(18-9(8)2)13(17)7-10-6-11(15)3-4-12(10)16/h3-6,13H,7,17H2,1-2H3. The van der Waals surface area contributed by atoms with Gasteiger partial charge in [-0.1, -0.05) is 0 Å². The topological polar surface area (TPSA) is 26.0 Å². The number of hydrogen-bond acceptors (Lipinski definition) is 2. The van der Waals surface area contributed by atoms with Gasteiger partial charge in [-0.3, -0.25) is 0 Å². The van der Waals surface area contributed by atoms with Crippen molar-refractivity contribution in [1.29, 1.82) is 0 Å². The molecule has 0 aliphatic carbocycles. The average molecular weight is 267 g/mol. The Kier molecular flexibility index (Phi) is 3.78. The van der Waals surface area contributed by atoms with Gasteiger partial charge in [0.2, 0.25) is 0 Å². The highest BCUT2D eigenvalue weighted by Gasteiger charge is 2.14. The summed E-state index contributed by atoms with van der Waals surface area (Å²) in [6.45, 7) is 4.05. The molecule has 0 saturated heterocycles. The first kappa shape index (κ1) is 13.2. The van der Waals surface area contributed by atoms with Crippen molar-refractivity contribution >= 4 is 11.3 Å². The fraction of sp³-hybridized carbons (Fsp3) is 0.286. The molecular formula is C14H15F2NS. The Morgan fingerprint density at radius 3 is 2.56 bits per heavy atom. The van der Waals surface area contributed by atoms with Crippen LogP contribution in [0, 0.1) is 25.5 Å². The predicted molar refractivity (Wildman–Crippen MR) is 70.8 cm³/mol. The van der Waals surface area contributed by atoms with Crippen molar-refractivity contribution in [3.63, 3.8) is 0 Å². The van der Waals surface area contributed by atoms with Gasteiger partial charge in [-0.15, -0.1) is 11.3 Å². The first-order chi connectivity index (χ1) is 8.47. The number of rotatable bonds is 3. The molecule has 1 nitrogen and oxygen atoms in total. The van der Waals surface area contributed by atoms with Gasteiger partial charge >= 0.3 is 0 Å². The van der Waals surface area contributed by atoms with Crippen molar-refractivity contribution < 1.29 is 8.78 Å². The predicted octanol–water partition coefficient (Wildman–Crippen LogP) is 3.89. The Balaban J connectivity index is 2.20. The van der Waals surface area contributed by atoms with E-state index in [0.29, 0.717) is 12.0 Å². The summed E-state index contributed by atoms with van der Waals surface area (Å²) in [4.78, 5) is 2.22. The van der Waals surface area contributed by atoms with Crippen molar-refractivity contribution in [3.8, 4) is 0 Å². The van der Waals surface area contributed by atoms with E-state index in [9.17, 15) is 8.78 Å². The van der Waals surface area contributed by atoms with Gasteiger partial charge in [-0.05, 0) is 55.7 Å². The van der Waals surface area contributed by atoms with Crippen molar-refractivity contribution in [3.05, 3.63) is 56.8 Å². The highest BCUT2D eigenvalue weighted by Crippen LogP contribution is 2.27. The lowest BCUT2D eigenvalue weighted by molar-refractivity contribution is 0.574. The van der Waals surface area contributed by atoms with Crippen molar-refractivity contribution in [1.82, 2.24) is 0 Å². The fourth-order valence-electron chi connectivity index (χ4n) is 1.82. The van der Waals surface area contributed by atoms with Crippen LogP contribution in [0.1, 0.15) is 26.9 Å². The van der Waals surface area contributed by atoms with Gasteiger partial charge in [0, 0.05) is 15.8 Å². The Bertz CT molecular complexity index is 543. The summed E-state index contributed by atoms with van der Waals surface area (Å²) in [5.41, 5.74) is 7.56. The van der Waals surface area contributed by atoms with Crippen LogP contribution in [0.5, 0.6) is 0 Å². The lowest BCUT2D eigenvalue weighted by Crippen LogP contribution is -2.13. The minimum absolute atomic E-state index is 0.293. The highest BCUT2D eigenvalue weighted by molar-refractivity contribution is 7.12. The molecule has 1 aromatic carbocycles. The van der Waals surface area contributed by atoms with E-state index in [0.717, 1.165) is 17.0 Å². The zero-order valence-electron chi connectivity index (χ0n) is 10.3. The molecule has 2 N–H and O–H groups in total. The van der Waals surface area contributed by atoms with E-state index >= 15 is 0 Å². The molecule has 0 aliphatic rings. The molecule has 0 spiro atoms. The van der Waals surface area contributed by atoms with E-state index in [1.54, 1.807) is 11.3 Å². The number of halogens is 2. The van der Waals surface area contributed by atoms with Crippen molar-refractivity contribution in [2.75, 3.05) is 0 Å². The molecule has 1 unspecified atom stereocenters. The summed E-state index contributed by atoms with van der Waals surface area (Å²) in [5.74, 6) is -0.839. The average Bonchev–Trinajstić information content (AvgIpc) is 2.64. The summed E-state index contributed by atoms with van der Waals surface area (Å²) in [6, 6.07) is 5.19. The van der Waals surface area contributed by atoms with Gasteiger partial charge in [-0.2, -0.15) is 0 Å². The summed E-state index contributed by atoms with van der Waals surface area (Å²) < 4.78 is 26.6. The van der Waals surface area contributed by atoms with Crippen LogP contribution in [0.2, 0.25) is 0 Å². The van der Waals surface area contributed by atoms with Crippen LogP contribution in [0.15, 0.2) is 24.3 Å². The fourth-order valence-corrected chi connectivity index (χ4v) is 2.87. The zero-order chi connectivity index (χ0) is 13.3. The number of hydrogen-bond donors (Lipinski definition) is 1. The summed E-state index contributed by atoms with van der Waals surface area (Å²) in [7, 11) is 0. The zero-order valence-corrected chi connectivity index (χ0v) is 11.2. The smallest absolute Gasteiger partial charge is 0.126 e. The highest BCUT2D eigenvalue weighted by atomic mass is 32.1.